The molecule has 1 aromatic rings. The van der Waals surface area contributed by atoms with Crippen molar-refractivity contribution < 1.29 is 14.6 Å². The van der Waals surface area contributed by atoms with Gasteiger partial charge in [0.2, 0.25) is 0 Å². The van der Waals surface area contributed by atoms with E-state index in [0.29, 0.717) is 30.7 Å². The fourth-order valence-electron chi connectivity index (χ4n) is 1.96. The average Bonchev–Trinajstić information content (AvgIpc) is 2.41. The van der Waals surface area contributed by atoms with E-state index in [0.717, 1.165) is 5.56 Å². The normalized spacial score (nSPS) is 19.9. The van der Waals surface area contributed by atoms with Crippen molar-refractivity contribution in [3.63, 3.8) is 0 Å². The number of hydrogen-bond acceptors (Lipinski definition) is 3. The minimum Gasteiger partial charge on any atom is -0.508 e. The van der Waals surface area contributed by atoms with E-state index in [-0.39, 0.29) is 17.7 Å². The summed E-state index contributed by atoms with van der Waals surface area (Å²) in [7, 11) is 0. The number of nitrogens with zero attached hydrogens (tertiary/aromatic N) is 1. The van der Waals surface area contributed by atoms with Crippen LogP contribution in [0, 0.1) is 6.92 Å². The van der Waals surface area contributed by atoms with Crippen molar-refractivity contribution in [3.8, 4) is 5.75 Å². The van der Waals surface area contributed by atoms with E-state index in [1.807, 2.05) is 0 Å². The number of alkyl halides is 1. The molecule has 1 heterocycles. The van der Waals surface area contributed by atoms with Crippen LogP contribution in [0.2, 0.25) is 0 Å². The summed E-state index contributed by atoms with van der Waals surface area (Å²) in [5.41, 5.74) is 1.29. The first-order chi connectivity index (χ1) is 8.63. The summed E-state index contributed by atoms with van der Waals surface area (Å²) in [6.45, 7) is 3.51. The van der Waals surface area contributed by atoms with Crippen molar-refractivity contribution in [3.05, 3.63) is 29.3 Å². The number of aryl methyl sites for hydroxylation is 1. The largest absolute Gasteiger partial charge is 0.508 e. The van der Waals surface area contributed by atoms with Crippen LogP contribution in [0.15, 0.2) is 18.2 Å². The van der Waals surface area contributed by atoms with E-state index in [9.17, 15) is 9.90 Å². The van der Waals surface area contributed by atoms with E-state index < -0.39 is 0 Å². The topological polar surface area (TPSA) is 49.8 Å². The van der Waals surface area contributed by atoms with Gasteiger partial charge in [-0.1, -0.05) is 22.0 Å². The van der Waals surface area contributed by atoms with Gasteiger partial charge in [0.05, 0.1) is 19.3 Å². The lowest BCUT2D eigenvalue weighted by Gasteiger charge is -2.34. The first kappa shape index (κ1) is 13.4. The molecular weight excluding hydrogens is 298 g/mol. The van der Waals surface area contributed by atoms with Crippen molar-refractivity contribution in [1.29, 1.82) is 0 Å². The molecule has 4 nitrogen and oxygen atoms in total. The van der Waals surface area contributed by atoms with Crippen molar-refractivity contribution in [2.45, 2.75) is 13.0 Å². The third-order valence-corrected chi connectivity index (χ3v) is 3.87. The van der Waals surface area contributed by atoms with Gasteiger partial charge in [0.15, 0.2) is 0 Å². The average molecular weight is 314 g/mol. The highest BCUT2D eigenvalue weighted by atomic mass is 79.9. The van der Waals surface area contributed by atoms with E-state index >= 15 is 0 Å². The first-order valence-corrected chi connectivity index (χ1v) is 7.00. The second kappa shape index (κ2) is 5.71. The number of aromatic hydroxyl groups is 1. The monoisotopic (exact) mass is 313 g/mol. The van der Waals surface area contributed by atoms with Crippen molar-refractivity contribution >= 4 is 21.8 Å². The van der Waals surface area contributed by atoms with Crippen LogP contribution in [-0.2, 0) is 4.74 Å². The molecule has 0 saturated carbocycles. The number of rotatable bonds is 2. The Morgan fingerprint density at radius 1 is 1.61 bits per heavy atom. The number of carbonyl (C=O) groups excluding carboxylic acids is 1. The number of phenols is 1. The molecule has 1 unspecified atom stereocenters. The van der Waals surface area contributed by atoms with E-state index in [1.165, 1.54) is 6.07 Å². The van der Waals surface area contributed by atoms with Crippen LogP contribution in [0.25, 0.3) is 0 Å². The summed E-state index contributed by atoms with van der Waals surface area (Å²) in [6.07, 6.45) is 0. The molecular formula is C13H16BrNO3. The summed E-state index contributed by atoms with van der Waals surface area (Å²) in [5.74, 6) is 0.0996. The molecule has 5 heteroatoms. The van der Waals surface area contributed by atoms with Gasteiger partial charge in [-0.3, -0.25) is 4.79 Å². The lowest BCUT2D eigenvalue weighted by Crippen LogP contribution is -2.49. The molecule has 1 aliphatic rings. The number of hydrogen-bond donors (Lipinski definition) is 1. The second-order valence-electron chi connectivity index (χ2n) is 4.38. The minimum absolute atomic E-state index is 0.0506. The molecule has 0 bridgehead atoms. The van der Waals surface area contributed by atoms with Gasteiger partial charge in [-0.25, -0.2) is 0 Å². The molecule has 18 heavy (non-hydrogen) atoms. The first-order valence-electron chi connectivity index (χ1n) is 5.87. The van der Waals surface area contributed by atoms with Crippen LogP contribution in [0.3, 0.4) is 0 Å². The maximum absolute atomic E-state index is 12.4. The summed E-state index contributed by atoms with van der Waals surface area (Å²) in [4.78, 5) is 14.2. The Hall–Kier alpha value is -1.07. The quantitative estimate of drug-likeness (QED) is 0.849. The third-order valence-electron chi connectivity index (χ3n) is 3.12. The Balaban J connectivity index is 2.21. The fourth-order valence-corrected chi connectivity index (χ4v) is 2.49. The number of morpholine rings is 1. The maximum Gasteiger partial charge on any atom is 0.254 e. The van der Waals surface area contributed by atoms with Crippen molar-refractivity contribution in [1.82, 2.24) is 4.90 Å². The Morgan fingerprint density at radius 3 is 3.06 bits per heavy atom. The molecule has 0 aromatic heterocycles. The number of amides is 1. The summed E-state index contributed by atoms with van der Waals surface area (Å²) in [6, 6.07) is 5.08. The standard InChI is InChI=1S/C13H16BrNO3/c1-9-2-3-10(6-12(9)16)13(17)15-4-5-18-8-11(15)7-14/h2-3,6,11,16H,4-5,7-8H2,1H3. The van der Waals surface area contributed by atoms with Gasteiger partial charge in [0, 0.05) is 17.4 Å². The van der Waals surface area contributed by atoms with Gasteiger partial charge in [0.1, 0.15) is 5.75 Å². The Kier molecular flexibility index (Phi) is 4.24. The number of halogens is 1. The van der Waals surface area contributed by atoms with E-state index in [4.69, 9.17) is 4.74 Å². The van der Waals surface area contributed by atoms with E-state index in [1.54, 1.807) is 24.0 Å². The molecule has 1 fully saturated rings. The molecule has 1 atom stereocenters. The third kappa shape index (κ3) is 2.67. The van der Waals surface area contributed by atoms with Crippen molar-refractivity contribution in [2.24, 2.45) is 0 Å². The number of carbonyl (C=O) groups is 1. The lowest BCUT2D eigenvalue weighted by atomic mass is 10.1. The predicted molar refractivity (Wildman–Crippen MR) is 72.3 cm³/mol. The molecule has 1 aliphatic heterocycles. The van der Waals surface area contributed by atoms with Gasteiger partial charge in [-0.15, -0.1) is 0 Å². The zero-order valence-electron chi connectivity index (χ0n) is 10.2. The predicted octanol–water partition coefficient (Wildman–Crippen LogP) is 1.94. The molecule has 0 spiro atoms. The maximum atomic E-state index is 12.4. The number of phenolic OH excluding ortho intramolecular Hbond substituents is 1. The van der Waals surface area contributed by atoms with Crippen LogP contribution < -0.4 is 0 Å². The molecule has 1 amide bonds. The van der Waals surface area contributed by atoms with Crippen LogP contribution in [0.1, 0.15) is 15.9 Å². The Morgan fingerprint density at radius 2 is 2.39 bits per heavy atom. The molecule has 98 valence electrons. The van der Waals surface area contributed by atoms with Crippen LogP contribution in [0.4, 0.5) is 0 Å². The number of ether oxygens (including phenoxy) is 1. The molecule has 1 saturated heterocycles. The molecule has 0 aliphatic carbocycles. The Bertz CT molecular complexity index is 450. The van der Waals surface area contributed by atoms with Crippen LogP contribution >= 0.6 is 15.9 Å². The molecule has 1 N–H and O–H groups in total. The van der Waals surface area contributed by atoms with Gasteiger partial charge in [-0.2, -0.15) is 0 Å². The SMILES string of the molecule is Cc1ccc(C(=O)N2CCOCC2CBr)cc1O. The van der Waals surface area contributed by atoms with Gasteiger partial charge < -0.3 is 14.7 Å². The molecule has 1 aromatic carbocycles. The molecule has 0 radical (unpaired) electrons. The summed E-state index contributed by atoms with van der Waals surface area (Å²) in [5, 5.41) is 10.4. The number of benzene rings is 1. The van der Waals surface area contributed by atoms with Crippen LogP contribution in [-0.4, -0.2) is 47.0 Å². The van der Waals surface area contributed by atoms with E-state index in [2.05, 4.69) is 15.9 Å². The van der Waals surface area contributed by atoms with Gasteiger partial charge in [-0.05, 0) is 24.6 Å². The highest BCUT2D eigenvalue weighted by Gasteiger charge is 2.27. The zero-order chi connectivity index (χ0) is 13.1. The Labute approximate surface area is 115 Å². The highest BCUT2D eigenvalue weighted by molar-refractivity contribution is 9.09. The minimum atomic E-state index is -0.0574. The second-order valence-corrected chi connectivity index (χ2v) is 5.03. The fraction of sp³-hybridized carbons (Fsp3) is 0.462. The highest BCUT2D eigenvalue weighted by Crippen LogP contribution is 2.20. The smallest absolute Gasteiger partial charge is 0.254 e. The van der Waals surface area contributed by atoms with Gasteiger partial charge >= 0.3 is 0 Å². The van der Waals surface area contributed by atoms with Gasteiger partial charge in [0.25, 0.3) is 5.91 Å². The summed E-state index contributed by atoms with van der Waals surface area (Å²) < 4.78 is 5.36. The lowest BCUT2D eigenvalue weighted by molar-refractivity contribution is 0.00523. The molecule has 2 rings (SSSR count). The van der Waals surface area contributed by atoms with Crippen molar-refractivity contribution in [2.75, 3.05) is 25.1 Å². The summed E-state index contributed by atoms with van der Waals surface area (Å²) >= 11 is 3.40. The zero-order valence-corrected chi connectivity index (χ0v) is 11.8. The van der Waals surface area contributed by atoms with Crippen LogP contribution in [0.5, 0.6) is 5.75 Å².